The number of hydrogen-bond donors (Lipinski definition) is 0. The van der Waals surface area contributed by atoms with Crippen LogP contribution in [-0.2, 0) is 4.74 Å². The second-order valence-corrected chi connectivity index (χ2v) is 7.28. The Morgan fingerprint density at radius 2 is 1.92 bits per heavy atom. The van der Waals surface area contributed by atoms with Gasteiger partial charge in [0.25, 0.3) is 0 Å². The molecule has 1 saturated carbocycles. The number of carbonyl (C=O) groups is 1. The number of nitrogens with zero attached hydrogens (tertiary/aromatic N) is 2. The molecule has 0 saturated heterocycles. The lowest BCUT2D eigenvalue weighted by atomic mass is 9.92. The van der Waals surface area contributed by atoms with Crippen LogP contribution in [-0.4, -0.2) is 51.2 Å². The molecule has 1 aromatic carbocycles. The third-order valence-electron chi connectivity index (χ3n) is 5.08. The Morgan fingerprint density at radius 1 is 1.23 bits per heavy atom. The molecule has 26 heavy (non-hydrogen) atoms. The van der Waals surface area contributed by atoms with Crippen molar-refractivity contribution >= 4 is 11.7 Å². The first-order chi connectivity index (χ1) is 12.5. The van der Waals surface area contributed by atoms with Crippen LogP contribution < -0.4 is 4.90 Å². The molecular formula is C22H32N2O2. The summed E-state index contributed by atoms with van der Waals surface area (Å²) in [5, 5.41) is 0. The van der Waals surface area contributed by atoms with Gasteiger partial charge in [-0.2, -0.15) is 0 Å². The summed E-state index contributed by atoms with van der Waals surface area (Å²) in [4.78, 5) is 16.8. The van der Waals surface area contributed by atoms with Crippen molar-refractivity contribution in [2.45, 2.75) is 52.0 Å². The molecule has 1 aromatic rings. The van der Waals surface area contributed by atoms with Crippen molar-refractivity contribution in [3.05, 3.63) is 28.8 Å². The topological polar surface area (TPSA) is 32.8 Å². The molecule has 2 rings (SSSR count). The van der Waals surface area contributed by atoms with Crippen LogP contribution in [0.1, 0.15) is 60.5 Å². The zero-order valence-electron chi connectivity index (χ0n) is 16.9. The monoisotopic (exact) mass is 356 g/mol. The predicted octanol–water partition coefficient (Wildman–Crippen LogP) is 3.85. The van der Waals surface area contributed by atoms with Gasteiger partial charge in [-0.1, -0.05) is 31.1 Å². The van der Waals surface area contributed by atoms with Crippen LogP contribution in [0.4, 0.5) is 5.69 Å². The average Bonchev–Trinajstić information content (AvgIpc) is 2.64. The highest BCUT2D eigenvalue weighted by molar-refractivity contribution is 5.93. The van der Waals surface area contributed by atoms with Gasteiger partial charge in [0.05, 0.1) is 19.2 Å². The summed E-state index contributed by atoms with van der Waals surface area (Å²) < 4.78 is 5.01. The second-order valence-electron chi connectivity index (χ2n) is 7.28. The van der Waals surface area contributed by atoms with Crippen molar-refractivity contribution in [2.24, 2.45) is 0 Å². The summed E-state index contributed by atoms with van der Waals surface area (Å²) >= 11 is 0. The average molecular weight is 357 g/mol. The van der Waals surface area contributed by atoms with E-state index in [0.717, 1.165) is 23.4 Å². The van der Waals surface area contributed by atoms with E-state index in [1.165, 1.54) is 39.2 Å². The first-order valence-electron chi connectivity index (χ1n) is 9.61. The minimum Gasteiger partial charge on any atom is -0.465 e. The Labute approximate surface area is 158 Å². The van der Waals surface area contributed by atoms with E-state index < -0.39 is 0 Å². The highest BCUT2D eigenvalue weighted by Gasteiger charge is 2.24. The smallest absolute Gasteiger partial charge is 0.338 e. The first kappa shape index (κ1) is 20.3. The van der Waals surface area contributed by atoms with Crippen molar-refractivity contribution in [3.8, 4) is 11.8 Å². The zero-order chi connectivity index (χ0) is 19.1. The number of benzene rings is 1. The second kappa shape index (κ2) is 9.64. The molecule has 4 nitrogen and oxygen atoms in total. The van der Waals surface area contributed by atoms with Gasteiger partial charge in [-0.15, -0.1) is 0 Å². The van der Waals surface area contributed by atoms with Crippen molar-refractivity contribution in [1.82, 2.24) is 4.90 Å². The van der Waals surface area contributed by atoms with E-state index in [9.17, 15) is 4.79 Å². The maximum atomic E-state index is 12.3. The third-order valence-corrected chi connectivity index (χ3v) is 5.08. The van der Waals surface area contributed by atoms with Gasteiger partial charge in [0, 0.05) is 23.8 Å². The van der Waals surface area contributed by atoms with E-state index in [2.05, 4.69) is 29.7 Å². The number of anilines is 1. The van der Waals surface area contributed by atoms with E-state index in [4.69, 9.17) is 4.74 Å². The lowest BCUT2D eigenvalue weighted by molar-refractivity contribution is 0.0600. The van der Waals surface area contributed by atoms with Crippen LogP contribution in [0.25, 0.3) is 0 Å². The van der Waals surface area contributed by atoms with E-state index >= 15 is 0 Å². The van der Waals surface area contributed by atoms with Gasteiger partial charge >= 0.3 is 5.97 Å². The fourth-order valence-corrected chi connectivity index (χ4v) is 3.71. The van der Waals surface area contributed by atoms with E-state index in [1.54, 1.807) is 0 Å². The molecule has 0 aliphatic heterocycles. The Kier molecular flexibility index (Phi) is 7.53. The van der Waals surface area contributed by atoms with Crippen LogP contribution in [0.15, 0.2) is 12.1 Å². The van der Waals surface area contributed by atoms with E-state index in [-0.39, 0.29) is 5.97 Å². The summed E-state index contributed by atoms with van der Waals surface area (Å²) in [6, 6.07) is 4.55. The molecule has 0 aromatic heterocycles. The molecular weight excluding hydrogens is 324 g/mol. The van der Waals surface area contributed by atoms with Crippen molar-refractivity contribution in [2.75, 3.05) is 39.2 Å². The van der Waals surface area contributed by atoms with Gasteiger partial charge in [-0.25, -0.2) is 4.79 Å². The predicted molar refractivity (Wildman–Crippen MR) is 108 cm³/mol. The van der Waals surface area contributed by atoms with Crippen LogP contribution in [0.5, 0.6) is 0 Å². The van der Waals surface area contributed by atoms with Gasteiger partial charge < -0.3 is 9.64 Å². The van der Waals surface area contributed by atoms with Crippen molar-refractivity contribution in [1.29, 1.82) is 0 Å². The molecule has 0 radical (unpaired) electrons. The van der Waals surface area contributed by atoms with E-state index in [0.29, 0.717) is 18.2 Å². The van der Waals surface area contributed by atoms with Gasteiger partial charge in [0.2, 0.25) is 0 Å². The highest BCUT2D eigenvalue weighted by atomic mass is 16.5. The number of carbonyl (C=O) groups excluding carboxylic acids is 1. The quantitative estimate of drug-likeness (QED) is 0.592. The minimum atomic E-state index is -0.292. The lowest BCUT2D eigenvalue weighted by Crippen LogP contribution is -2.37. The molecule has 0 bridgehead atoms. The van der Waals surface area contributed by atoms with Crippen LogP contribution >= 0.6 is 0 Å². The van der Waals surface area contributed by atoms with Crippen molar-refractivity contribution in [3.63, 3.8) is 0 Å². The highest BCUT2D eigenvalue weighted by Crippen LogP contribution is 2.32. The summed E-state index contributed by atoms with van der Waals surface area (Å²) in [5.74, 6) is 6.10. The molecule has 0 unspecified atom stereocenters. The number of ether oxygens (including phenoxy) is 1. The third kappa shape index (κ3) is 5.02. The zero-order valence-corrected chi connectivity index (χ0v) is 16.9. The summed E-state index contributed by atoms with van der Waals surface area (Å²) in [6.45, 7) is 5.83. The van der Waals surface area contributed by atoms with Gasteiger partial charge in [-0.3, -0.25) is 4.90 Å². The molecule has 0 N–H and O–H groups in total. The van der Waals surface area contributed by atoms with Crippen LogP contribution in [0, 0.1) is 18.8 Å². The van der Waals surface area contributed by atoms with Gasteiger partial charge in [0.1, 0.15) is 0 Å². The largest absolute Gasteiger partial charge is 0.465 e. The van der Waals surface area contributed by atoms with Gasteiger partial charge in [-0.05, 0) is 58.5 Å². The number of esters is 1. The standard InChI is InChI=1S/C22H32N2O2/c1-6-24(19-12-8-7-9-13-19)21-16-18(11-10-14-23(3)4)15-20(17(21)2)22(25)26-5/h15-16,19H,6-9,12-14H2,1-5H3. The van der Waals surface area contributed by atoms with Gasteiger partial charge in [0.15, 0.2) is 0 Å². The maximum Gasteiger partial charge on any atom is 0.338 e. The first-order valence-corrected chi connectivity index (χ1v) is 9.61. The number of methoxy groups -OCH3 is 1. The molecule has 1 fully saturated rings. The Morgan fingerprint density at radius 3 is 2.50 bits per heavy atom. The Bertz CT molecular complexity index is 679. The molecule has 0 atom stereocenters. The molecule has 0 heterocycles. The SMILES string of the molecule is CCN(c1cc(C#CCN(C)C)cc(C(=O)OC)c1C)C1CCCCC1. The fourth-order valence-electron chi connectivity index (χ4n) is 3.71. The van der Waals surface area contributed by atoms with Crippen LogP contribution in [0.2, 0.25) is 0 Å². The normalized spacial score (nSPS) is 14.7. The summed E-state index contributed by atoms with van der Waals surface area (Å²) in [5.41, 5.74) is 3.61. The van der Waals surface area contributed by atoms with Crippen LogP contribution in [0.3, 0.4) is 0 Å². The Balaban J connectivity index is 2.46. The molecule has 142 valence electrons. The summed E-state index contributed by atoms with van der Waals surface area (Å²) in [6.07, 6.45) is 6.34. The van der Waals surface area contributed by atoms with E-state index in [1.807, 2.05) is 32.0 Å². The summed E-state index contributed by atoms with van der Waals surface area (Å²) in [7, 11) is 5.43. The molecule has 1 aliphatic rings. The lowest BCUT2D eigenvalue weighted by Gasteiger charge is -2.36. The molecule has 0 spiro atoms. The number of hydrogen-bond acceptors (Lipinski definition) is 4. The minimum absolute atomic E-state index is 0.292. The molecule has 1 aliphatic carbocycles. The fraction of sp³-hybridized carbons (Fsp3) is 0.591. The number of rotatable bonds is 5. The maximum absolute atomic E-state index is 12.3. The van der Waals surface area contributed by atoms with Crippen molar-refractivity contribution < 1.29 is 9.53 Å². The molecule has 0 amide bonds. The Hall–Kier alpha value is -1.99. The molecule has 4 heteroatoms.